The van der Waals surface area contributed by atoms with Crippen LogP contribution in [0.25, 0.3) is 0 Å². The molecule has 1 unspecified atom stereocenters. The van der Waals surface area contributed by atoms with E-state index in [1.807, 2.05) is 0 Å². The topological polar surface area (TPSA) is 30.9 Å². The molecule has 0 radical (unpaired) electrons. The van der Waals surface area contributed by atoms with Gasteiger partial charge in [-0.1, -0.05) is 6.92 Å². The van der Waals surface area contributed by atoms with Gasteiger partial charge in [-0.05, 0) is 36.8 Å². The minimum atomic E-state index is 0.293. The number of aromatic nitrogens is 1. The van der Waals surface area contributed by atoms with Crippen LogP contribution in [0.4, 0.5) is 0 Å². The molecule has 2 nitrogen and oxygen atoms in total. The fourth-order valence-corrected chi connectivity index (χ4v) is 2.17. The van der Waals surface area contributed by atoms with Crippen molar-refractivity contribution in [2.75, 3.05) is 0 Å². The van der Waals surface area contributed by atoms with Gasteiger partial charge in [0.15, 0.2) is 0 Å². The quantitative estimate of drug-likeness (QED) is 0.739. The molecule has 1 aliphatic carbocycles. The van der Waals surface area contributed by atoms with Crippen molar-refractivity contribution in [1.82, 2.24) is 4.57 Å². The number of nitrogens with two attached hydrogens (primary N) is 1. The molecule has 1 aromatic rings. The highest BCUT2D eigenvalue weighted by molar-refractivity contribution is 5.29. The second-order valence-electron chi connectivity index (χ2n) is 3.98. The van der Waals surface area contributed by atoms with Crippen molar-refractivity contribution in [1.29, 1.82) is 0 Å². The SMILES string of the molecule is CCCn1cc2c(c1)C(N)CCC2. The van der Waals surface area contributed by atoms with Gasteiger partial charge in [0.2, 0.25) is 0 Å². The van der Waals surface area contributed by atoms with E-state index in [0.717, 1.165) is 13.0 Å². The Morgan fingerprint density at radius 3 is 3.08 bits per heavy atom. The van der Waals surface area contributed by atoms with Gasteiger partial charge in [0, 0.05) is 25.0 Å². The summed E-state index contributed by atoms with van der Waals surface area (Å²) >= 11 is 0. The monoisotopic (exact) mass is 178 g/mol. The molecular formula is C11H18N2. The van der Waals surface area contributed by atoms with Crippen molar-refractivity contribution in [2.45, 2.75) is 45.2 Å². The van der Waals surface area contributed by atoms with E-state index in [2.05, 4.69) is 23.9 Å². The third-order valence-corrected chi connectivity index (χ3v) is 2.84. The average Bonchev–Trinajstić information content (AvgIpc) is 2.49. The van der Waals surface area contributed by atoms with Crippen LogP contribution < -0.4 is 5.73 Å². The molecule has 0 fully saturated rings. The van der Waals surface area contributed by atoms with Crippen LogP contribution in [0.15, 0.2) is 12.4 Å². The van der Waals surface area contributed by atoms with Crippen LogP contribution in [-0.4, -0.2) is 4.57 Å². The third-order valence-electron chi connectivity index (χ3n) is 2.84. The number of hydrogen-bond donors (Lipinski definition) is 1. The van der Waals surface area contributed by atoms with Crippen LogP contribution in [0, 0.1) is 0 Å². The lowest BCUT2D eigenvalue weighted by Gasteiger charge is -2.17. The Bertz CT molecular complexity index is 288. The van der Waals surface area contributed by atoms with Crippen LogP contribution in [0.1, 0.15) is 43.4 Å². The highest BCUT2D eigenvalue weighted by Gasteiger charge is 2.18. The number of nitrogens with zero attached hydrogens (tertiary/aromatic N) is 1. The molecule has 0 aliphatic heterocycles. The van der Waals surface area contributed by atoms with Gasteiger partial charge >= 0.3 is 0 Å². The maximum absolute atomic E-state index is 6.04. The summed E-state index contributed by atoms with van der Waals surface area (Å²) < 4.78 is 2.29. The molecule has 72 valence electrons. The summed E-state index contributed by atoms with van der Waals surface area (Å²) in [6.45, 7) is 3.33. The maximum Gasteiger partial charge on any atom is 0.0312 e. The first-order valence-corrected chi connectivity index (χ1v) is 5.25. The predicted octanol–water partition coefficient (Wildman–Crippen LogP) is 2.23. The molecule has 2 rings (SSSR count). The fourth-order valence-electron chi connectivity index (χ4n) is 2.17. The van der Waals surface area contributed by atoms with Crippen molar-refractivity contribution in [3.63, 3.8) is 0 Å². The molecule has 0 aromatic carbocycles. The van der Waals surface area contributed by atoms with Crippen molar-refractivity contribution < 1.29 is 0 Å². The first kappa shape index (κ1) is 8.82. The van der Waals surface area contributed by atoms with E-state index in [4.69, 9.17) is 5.73 Å². The van der Waals surface area contributed by atoms with Gasteiger partial charge in [-0.25, -0.2) is 0 Å². The summed E-state index contributed by atoms with van der Waals surface area (Å²) in [6.07, 6.45) is 9.34. The van der Waals surface area contributed by atoms with Crippen molar-refractivity contribution in [2.24, 2.45) is 5.73 Å². The van der Waals surface area contributed by atoms with Crippen LogP contribution in [-0.2, 0) is 13.0 Å². The molecule has 0 spiro atoms. The number of hydrogen-bond acceptors (Lipinski definition) is 1. The van der Waals surface area contributed by atoms with Gasteiger partial charge in [0.25, 0.3) is 0 Å². The van der Waals surface area contributed by atoms with E-state index < -0.39 is 0 Å². The van der Waals surface area contributed by atoms with E-state index in [1.54, 1.807) is 0 Å². The lowest BCUT2D eigenvalue weighted by Crippen LogP contribution is -2.15. The molecule has 2 heteroatoms. The van der Waals surface area contributed by atoms with Crippen molar-refractivity contribution in [3.8, 4) is 0 Å². The van der Waals surface area contributed by atoms with E-state index in [-0.39, 0.29) is 0 Å². The smallest absolute Gasteiger partial charge is 0.0312 e. The molecular weight excluding hydrogens is 160 g/mol. The van der Waals surface area contributed by atoms with Crippen molar-refractivity contribution in [3.05, 3.63) is 23.5 Å². The Morgan fingerprint density at radius 2 is 2.38 bits per heavy atom. The summed E-state index contributed by atoms with van der Waals surface area (Å²) in [4.78, 5) is 0. The van der Waals surface area contributed by atoms with E-state index in [0.29, 0.717) is 6.04 Å². The van der Waals surface area contributed by atoms with Crippen LogP contribution in [0.5, 0.6) is 0 Å². The Labute approximate surface area is 79.7 Å². The van der Waals surface area contributed by atoms with Gasteiger partial charge in [0.05, 0.1) is 0 Å². The Morgan fingerprint density at radius 1 is 1.54 bits per heavy atom. The Balaban J connectivity index is 2.25. The van der Waals surface area contributed by atoms with Gasteiger partial charge in [0.1, 0.15) is 0 Å². The molecule has 2 N–H and O–H groups in total. The molecule has 1 atom stereocenters. The molecule has 1 aliphatic rings. The number of rotatable bonds is 2. The zero-order valence-corrected chi connectivity index (χ0v) is 8.29. The molecule has 0 amide bonds. The second-order valence-corrected chi connectivity index (χ2v) is 3.98. The fraction of sp³-hybridized carbons (Fsp3) is 0.636. The summed E-state index contributed by atoms with van der Waals surface area (Å²) in [5.41, 5.74) is 8.91. The molecule has 0 bridgehead atoms. The van der Waals surface area contributed by atoms with E-state index >= 15 is 0 Å². The summed E-state index contributed by atoms with van der Waals surface area (Å²) in [5, 5.41) is 0. The summed E-state index contributed by atoms with van der Waals surface area (Å²) in [6, 6.07) is 0.293. The molecule has 1 aromatic heterocycles. The summed E-state index contributed by atoms with van der Waals surface area (Å²) in [5.74, 6) is 0. The largest absolute Gasteiger partial charge is 0.354 e. The number of fused-ring (bicyclic) bond motifs is 1. The first-order valence-electron chi connectivity index (χ1n) is 5.25. The first-order chi connectivity index (χ1) is 6.31. The van der Waals surface area contributed by atoms with E-state index in [1.165, 1.54) is 30.4 Å². The highest BCUT2D eigenvalue weighted by Crippen LogP contribution is 2.28. The van der Waals surface area contributed by atoms with Gasteiger partial charge in [-0.3, -0.25) is 0 Å². The lowest BCUT2D eigenvalue weighted by molar-refractivity contribution is 0.573. The third kappa shape index (κ3) is 1.63. The van der Waals surface area contributed by atoms with Gasteiger partial charge < -0.3 is 10.3 Å². The maximum atomic E-state index is 6.04. The van der Waals surface area contributed by atoms with Crippen LogP contribution >= 0.6 is 0 Å². The molecule has 0 saturated heterocycles. The van der Waals surface area contributed by atoms with Crippen LogP contribution in [0.3, 0.4) is 0 Å². The number of aryl methyl sites for hydroxylation is 2. The predicted molar refractivity (Wildman–Crippen MR) is 54.6 cm³/mol. The Kier molecular flexibility index (Phi) is 2.40. The molecule has 1 heterocycles. The Hall–Kier alpha value is -0.760. The average molecular weight is 178 g/mol. The van der Waals surface area contributed by atoms with E-state index in [9.17, 15) is 0 Å². The van der Waals surface area contributed by atoms with Crippen LogP contribution in [0.2, 0.25) is 0 Å². The lowest BCUT2D eigenvalue weighted by atomic mass is 9.92. The molecule has 0 saturated carbocycles. The highest BCUT2D eigenvalue weighted by atomic mass is 14.9. The standard InChI is InChI=1S/C11H18N2/c1-2-6-13-7-9-4-3-5-11(12)10(9)8-13/h7-8,11H,2-6,12H2,1H3. The minimum Gasteiger partial charge on any atom is -0.354 e. The van der Waals surface area contributed by atoms with Crippen molar-refractivity contribution >= 4 is 0 Å². The normalized spacial score (nSPS) is 21.5. The molecule has 13 heavy (non-hydrogen) atoms. The summed E-state index contributed by atoms with van der Waals surface area (Å²) in [7, 11) is 0. The second kappa shape index (κ2) is 3.54. The zero-order chi connectivity index (χ0) is 9.26. The zero-order valence-electron chi connectivity index (χ0n) is 8.29. The van der Waals surface area contributed by atoms with Gasteiger partial charge in [-0.15, -0.1) is 0 Å². The van der Waals surface area contributed by atoms with Gasteiger partial charge in [-0.2, -0.15) is 0 Å². The minimum absolute atomic E-state index is 0.293.